The largest absolute Gasteiger partial charge is 0.462 e. The Morgan fingerprint density at radius 3 is 2.85 bits per heavy atom. The molecule has 148 valence electrons. The third-order valence-corrected chi connectivity index (χ3v) is 3.97. The standard InChI is InChI=1S/C14H18F2N6O5/c1-6(2)9(17)11(24)26-5-7-10(23)14(15,16)12(27-7)22-4-3-8(20-21-18)19-13(22)25/h3-4,6-7,9-10,12,23H,5,17H2,1-2H3/t7-,9-,10-,12?/m1/s1. The molecule has 0 aliphatic carbocycles. The zero-order chi connectivity index (χ0) is 20.4. The molecule has 1 fully saturated rings. The molecular weight excluding hydrogens is 370 g/mol. The van der Waals surface area contributed by atoms with Gasteiger partial charge < -0.3 is 20.3 Å². The van der Waals surface area contributed by atoms with E-state index in [9.17, 15) is 23.5 Å². The number of esters is 1. The van der Waals surface area contributed by atoms with Gasteiger partial charge in [-0.15, -0.1) is 0 Å². The predicted octanol–water partition coefficient (Wildman–Crippen LogP) is 0.605. The summed E-state index contributed by atoms with van der Waals surface area (Å²) in [5, 5.41) is 12.9. The van der Waals surface area contributed by atoms with E-state index in [-0.39, 0.29) is 11.7 Å². The van der Waals surface area contributed by atoms with Gasteiger partial charge in [0.25, 0.3) is 0 Å². The average molecular weight is 388 g/mol. The zero-order valence-electron chi connectivity index (χ0n) is 14.4. The molecule has 1 aromatic rings. The number of hydrogen-bond donors (Lipinski definition) is 2. The molecule has 2 heterocycles. The molecule has 11 nitrogen and oxygen atoms in total. The highest BCUT2D eigenvalue weighted by Crippen LogP contribution is 2.42. The van der Waals surface area contributed by atoms with Crippen molar-refractivity contribution in [2.24, 2.45) is 16.8 Å². The Balaban J connectivity index is 2.17. The molecular formula is C14H18F2N6O5. The lowest BCUT2D eigenvalue weighted by molar-refractivity contribution is -0.153. The molecule has 27 heavy (non-hydrogen) atoms. The highest BCUT2D eigenvalue weighted by molar-refractivity contribution is 5.75. The molecule has 2 rings (SSSR count). The Labute approximate surface area is 151 Å². The van der Waals surface area contributed by atoms with Gasteiger partial charge in [-0.3, -0.25) is 9.36 Å². The summed E-state index contributed by atoms with van der Waals surface area (Å²) in [4.78, 5) is 29.4. The normalized spacial score (nSPS) is 25.1. The number of aromatic nitrogens is 2. The topological polar surface area (TPSA) is 165 Å². The van der Waals surface area contributed by atoms with Crippen LogP contribution in [0.4, 0.5) is 14.6 Å². The Morgan fingerprint density at radius 1 is 1.63 bits per heavy atom. The molecule has 0 aromatic carbocycles. The van der Waals surface area contributed by atoms with Crippen LogP contribution >= 0.6 is 0 Å². The summed E-state index contributed by atoms with van der Waals surface area (Å²) in [6.07, 6.45) is -5.21. The van der Waals surface area contributed by atoms with Crippen LogP contribution in [0.5, 0.6) is 0 Å². The molecule has 0 spiro atoms. The summed E-state index contributed by atoms with van der Waals surface area (Å²) in [6.45, 7) is 2.68. The number of hydrogen-bond acceptors (Lipinski definition) is 8. The van der Waals surface area contributed by atoms with E-state index in [0.717, 1.165) is 12.3 Å². The van der Waals surface area contributed by atoms with Crippen LogP contribution in [-0.4, -0.2) is 51.4 Å². The maximum absolute atomic E-state index is 14.4. The van der Waals surface area contributed by atoms with Crippen LogP contribution < -0.4 is 11.4 Å². The zero-order valence-corrected chi connectivity index (χ0v) is 14.4. The van der Waals surface area contributed by atoms with Gasteiger partial charge in [0.05, 0.1) is 0 Å². The first-order valence-corrected chi connectivity index (χ1v) is 7.87. The number of azide groups is 1. The molecule has 13 heteroatoms. The highest BCUT2D eigenvalue weighted by Gasteiger charge is 2.60. The van der Waals surface area contributed by atoms with Crippen molar-refractivity contribution in [2.75, 3.05) is 6.61 Å². The lowest BCUT2D eigenvalue weighted by atomic mass is 10.1. The van der Waals surface area contributed by atoms with Gasteiger partial charge in [-0.2, -0.15) is 13.8 Å². The Kier molecular flexibility index (Phi) is 6.11. The Hall–Kier alpha value is -2.60. The molecule has 1 aliphatic rings. The number of aliphatic hydroxyl groups excluding tert-OH is 1. The molecule has 1 unspecified atom stereocenters. The molecule has 1 aliphatic heterocycles. The molecule has 0 bridgehead atoms. The molecule has 0 radical (unpaired) electrons. The first kappa shape index (κ1) is 20.7. The summed E-state index contributed by atoms with van der Waals surface area (Å²) in [6, 6.07) is 0.0713. The van der Waals surface area contributed by atoms with E-state index in [0.29, 0.717) is 4.57 Å². The van der Waals surface area contributed by atoms with Crippen molar-refractivity contribution < 1.29 is 28.2 Å². The van der Waals surface area contributed by atoms with Gasteiger partial charge >= 0.3 is 17.6 Å². The monoisotopic (exact) mass is 388 g/mol. The molecule has 1 aromatic heterocycles. The highest BCUT2D eigenvalue weighted by atomic mass is 19.3. The van der Waals surface area contributed by atoms with Crippen LogP contribution in [0.2, 0.25) is 0 Å². The fourth-order valence-electron chi connectivity index (χ4n) is 2.32. The maximum Gasteiger partial charge on any atom is 0.350 e. The minimum Gasteiger partial charge on any atom is -0.462 e. The van der Waals surface area contributed by atoms with Crippen LogP contribution in [0.3, 0.4) is 0 Å². The molecule has 3 N–H and O–H groups in total. The number of carbonyl (C=O) groups is 1. The van der Waals surface area contributed by atoms with Gasteiger partial charge in [-0.05, 0) is 22.6 Å². The number of carbonyl (C=O) groups excluding carboxylic acids is 1. The Morgan fingerprint density at radius 2 is 2.30 bits per heavy atom. The van der Waals surface area contributed by atoms with Crippen molar-refractivity contribution >= 4 is 11.8 Å². The predicted molar refractivity (Wildman–Crippen MR) is 85.9 cm³/mol. The SMILES string of the molecule is CC(C)[C@@H](N)C(=O)OC[C@H]1OC(n2ccc(N=[N+]=[N-])nc2=O)C(F)(F)[C@@H]1O. The van der Waals surface area contributed by atoms with E-state index in [1.165, 1.54) is 0 Å². The number of ether oxygens (including phenoxy) is 2. The number of halogens is 2. The summed E-state index contributed by atoms with van der Waals surface area (Å²) in [5.74, 6) is -5.25. The minimum atomic E-state index is -3.87. The summed E-state index contributed by atoms with van der Waals surface area (Å²) < 4.78 is 39.1. The van der Waals surface area contributed by atoms with Gasteiger partial charge in [0.1, 0.15) is 24.6 Å². The number of aliphatic hydroxyl groups is 1. The van der Waals surface area contributed by atoms with Crippen LogP contribution in [0, 0.1) is 5.92 Å². The lowest BCUT2D eigenvalue weighted by Crippen LogP contribution is -2.43. The fraction of sp³-hybridized carbons (Fsp3) is 0.643. The van der Waals surface area contributed by atoms with E-state index in [4.69, 9.17) is 20.7 Å². The number of nitrogens with two attached hydrogens (primary N) is 1. The fourth-order valence-corrected chi connectivity index (χ4v) is 2.32. The van der Waals surface area contributed by atoms with E-state index >= 15 is 0 Å². The first-order chi connectivity index (χ1) is 12.6. The van der Waals surface area contributed by atoms with Crippen molar-refractivity contribution in [3.8, 4) is 0 Å². The smallest absolute Gasteiger partial charge is 0.350 e. The first-order valence-electron chi connectivity index (χ1n) is 7.87. The average Bonchev–Trinajstić information content (AvgIpc) is 2.82. The molecule has 0 amide bonds. The van der Waals surface area contributed by atoms with Crippen molar-refractivity contribution in [3.63, 3.8) is 0 Å². The molecule has 1 saturated heterocycles. The van der Waals surface area contributed by atoms with Gasteiger partial charge in [-0.1, -0.05) is 13.8 Å². The summed E-state index contributed by atoms with van der Waals surface area (Å²) >= 11 is 0. The van der Waals surface area contributed by atoms with E-state index < -0.39 is 48.7 Å². The van der Waals surface area contributed by atoms with E-state index in [2.05, 4.69) is 15.0 Å². The van der Waals surface area contributed by atoms with E-state index in [1.807, 2.05) is 0 Å². The second-order valence-electron chi connectivity index (χ2n) is 6.21. The number of alkyl halides is 2. The third-order valence-electron chi connectivity index (χ3n) is 3.97. The van der Waals surface area contributed by atoms with Crippen molar-refractivity contribution in [1.29, 1.82) is 0 Å². The van der Waals surface area contributed by atoms with Gasteiger partial charge in [0, 0.05) is 11.1 Å². The second kappa shape index (κ2) is 7.96. The Bertz CT molecular complexity index is 809. The van der Waals surface area contributed by atoms with Crippen molar-refractivity contribution in [3.05, 3.63) is 33.2 Å². The summed E-state index contributed by atoms with van der Waals surface area (Å²) in [5.41, 5.74) is 12.7. The van der Waals surface area contributed by atoms with Crippen molar-refractivity contribution in [2.45, 2.75) is 44.2 Å². The van der Waals surface area contributed by atoms with Gasteiger partial charge in [0.2, 0.25) is 6.23 Å². The summed E-state index contributed by atoms with van der Waals surface area (Å²) in [7, 11) is 0. The van der Waals surface area contributed by atoms with E-state index in [1.54, 1.807) is 13.8 Å². The molecule has 4 atom stereocenters. The van der Waals surface area contributed by atoms with Crippen LogP contribution in [-0.2, 0) is 14.3 Å². The van der Waals surface area contributed by atoms with Gasteiger partial charge in [0.15, 0.2) is 6.10 Å². The third kappa shape index (κ3) is 4.22. The quantitative estimate of drug-likeness (QED) is 0.311. The number of nitrogens with zero attached hydrogens (tertiary/aromatic N) is 5. The van der Waals surface area contributed by atoms with Crippen molar-refractivity contribution in [1.82, 2.24) is 9.55 Å². The van der Waals surface area contributed by atoms with Crippen LogP contribution in [0.25, 0.3) is 10.4 Å². The number of rotatable bonds is 6. The van der Waals surface area contributed by atoms with Gasteiger partial charge in [-0.25, -0.2) is 4.79 Å². The second-order valence-corrected chi connectivity index (χ2v) is 6.21. The van der Waals surface area contributed by atoms with Crippen LogP contribution in [0.1, 0.15) is 20.1 Å². The van der Waals surface area contributed by atoms with Crippen LogP contribution in [0.15, 0.2) is 22.2 Å². The maximum atomic E-state index is 14.4. The molecule has 0 saturated carbocycles. The lowest BCUT2D eigenvalue weighted by Gasteiger charge is -2.20. The minimum absolute atomic E-state index is 0.236.